The summed E-state index contributed by atoms with van der Waals surface area (Å²) in [7, 11) is 0. The molecule has 1 aromatic heterocycles. The number of aryl methyl sites for hydroxylation is 3. The monoisotopic (exact) mass is 443 g/mol. The number of benzene rings is 3. The number of halogens is 1. The van der Waals surface area contributed by atoms with Crippen molar-refractivity contribution in [2.45, 2.75) is 46.1 Å². The number of carbonyl (C=O) groups is 1. The third-order valence-electron chi connectivity index (χ3n) is 5.98. The van der Waals surface area contributed by atoms with Gasteiger partial charge in [-0.25, -0.2) is 9.37 Å². The van der Waals surface area contributed by atoms with E-state index in [-0.39, 0.29) is 11.7 Å². The third-order valence-corrected chi connectivity index (χ3v) is 5.98. The van der Waals surface area contributed by atoms with E-state index in [2.05, 4.69) is 16.0 Å². The lowest BCUT2D eigenvalue weighted by Crippen LogP contribution is -2.25. The summed E-state index contributed by atoms with van der Waals surface area (Å²) in [6, 6.07) is 20.7. The average Bonchev–Trinajstić information content (AvgIpc) is 3.14. The second-order valence-corrected chi connectivity index (χ2v) is 8.61. The van der Waals surface area contributed by atoms with Gasteiger partial charge in [-0.1, -0.05) is 48.4 Å². The quantitative estimate of drug-likeness (QED) is 0.323. The number of nitrogens with zero attached hydrogens (tertiary/aromatic N) is 2. The van der Waals surface area contributed by atoms with Crippen LogP contribution in [0.15, 0.2) is 66.7 Å². The minimum absolute atomic E-state index is 0.00593. The molecule has 0 spiro atoms. The lowest BCUT2D eigenvalue weighted by molar-refractivity contribution is 0.0952. The van der Waals surface area contributed by atoms with Crippen LogP contribution >= 0.6 is 0 Å². The number of para-hydroxylation sites is 2. The topological polar surface area (TPSA) is 46.9 Å². The van der Waals surface area contributed by atoms with Gasteiger partial charge in [0, 0.05) is 25.1 Å². The predicted octanol–water partition coefficient (Wildman–Crippen LogP) is 5.98. The van der Waals surface area contributed by atoms with Gasteiger partial charge in [-0.2, -0.15) is 0 Å². The van der Waals surface area contributed by atoms with Crippen LogP contribution in [-0.2, 0) is 13.0 Å². The zero-order valence-corrected chi connectivity index (χ0v) is 19.3. The van der Waals surface area contributed by atoms with E-state index in [1.807, 2.05) is 62.4 Å². The van der Waals surface area contributed by atoms with Gasteiger partial charge in [0.05, 0.1) is 11.0 Å². The van der Waals surface area contributed by atoms with Crippen molar-refractivity contribution in [3.8, 4) is 0 Å². The van der Waals surface area contributed by atoms with E-state index in [1.54, 1.807) is 0 Å². The molecule has 170 valence electrons. The highest BCUT2D eigenvalue weighted by molar-refractivity contribution is 5.95. The largest absolute Gasteiger partial charge is 0.352 e. The van der Waals surface area contributed by atoms with Crippen molar-refractivity contribution in [3.63, 3.8) is 0 Å². The van der Waals surface area contributed by atoms with Crippen LogP contribution in [0.25, 0.3) is 11.0 Å². The molecule has 0 saturated heterocycles. The number of imidazole rings is 1. The molecule has 1 heterocycles. The molecule has 0 atom stereocenters. The fraction of sp³-hybridized carbons (Fsp3) is 0.286. The minimum atomic E-state index is -0.223. The molecule has 0 aliphatic rings. The number of carbonyl (C=O) groups excluding carboxylic acids is 1. The third kappa shape index (κ3) is 5.67. The molecule has 4 nitrogen and oxygen atoms in total. The highest BCUT2D eigenvalue weighted by Gasteiger charge is 2.11. The molecule has 0 radical (unpaired) electrons. The van der Waals surface area contributed by atoms with Gasteiger partial charge in [0.15, 0.2) is 0 Å². The van der Waals surface area contributed by atoms with Gasteiger partial charge in [0.1, 0.15) is 11.6 Å². The van der Waals surface area contributed by atoms with Gasteiger partial charge >= 0.3 is 0 Å². The summed E-state index contributed by atoms with van der Waals surface area (Å²) in [6.07, 6.45) is 3.79. The molecule has 1 N–H and O–H groups in total. The number of hydrogen-bond donors (Lipinski definition) is 1. The van der Waals surface area contributed by atoms with Gasteiger partial charge < -0.3 is 9.88 Å². The lowest BCUT2D eigenvalue weighted by atomic mass is 10.1. The predicted molar refractivity (Wildman–Crippen MR) is 131 cm³/mol. The van der Waals surface area contributed by atoms with Gasteiger partial charge in [-0.05, 0) is 68.1 Å². The number of rotatable bonds is 9. The second kappa shape index (κ2) is 10.4. The van der Waals surface area contributed by atoms with E-state index >= 15 is 0 Å². The van der Waals surface area contributed by atoms with Gasteiger partial charge in [0.2, 0.25) is 0 Å². The summed E-state index contributed by atoms with van der Waals surface area (Å²) in [6.45, 7) is 5.34. The Morgan fingerprint density at radius 1 is 0.970 bits per heavy atom. The molecule has 5 heteroatoms. The Bertz CT molecular complexity index is 1240. The maximum absolute atomic E-state index is 13.3. The Hall–Kier alpha value is -3.47. The molecule has 0 fully saturated rings. The van der Waals surface area contributed by atoms with Crippen molar-refractivity contribution < 1.29 is 9.18 Å². The average molecular weight is 444 g/mol. The molecular formula is C28H30FN3O. The fourth-order valence-corrected chi connectivity index (χ4v) is 4.22. The number of amides is 1. The van der Waals surface area contributed by atoms with Crippen LogP contribution in [0.4, 0.5) is 4.39 Å². The van der Waals surface area contributed by atoms with E-state index in [1.165, 1.54) is 12.1 Å². The van der Waals surface area contributed by atoms with E-state index in [9.17, 15) is 9.18 Å². The summed E-state index contributed by atoms with van der Waals surface area (Å²) in [5.74, 6) is 0.813. The molecule has 4 rings (SSSR count). The lowest BCUT2D eigenvalue weighted by Gasteiger charge is -2.10. The molecule has 1 amide bonds. The van der Waals surface area contributed by atoms with Crippen LogP contribution in [0.5, 0.6) is 0 Å². The van der Waals surface area contributed by atoms with E-state index < -0.39 is 0 Å². The summed E-state index contributed by atoms with van der Waals surface area (Å²) in [5, 5.41) is 3.04. The smallest absolute Gasteiger partial charge is 0.251 e. The van der Waals surface area contributed by atoms with Gasteiger partial charge in [-0.15, -0.1) is 0 Å². The zero-order valence-electron chi connectivity index (χ0n) is 19.3. The van der Waals surface area contributed by atoms with Gasteiger partial charge in [0.25, 0.3) is 5.91 Å². The zero-order chi connectivity index (χ0) is 23.2. The van der Waals surface area contributed by atoms with Crippen LogP contribution < -0.4 is 5.32 Å². The van der Waals surface area contributed by atoms with Crippen molar-refractivity contribution in [3.05, 3.63) is 101 Å². The first-order chi connectivity index (χ1) is 16.0. The van der Waals surface area contributed by atoms with Crippen LogP contribution in [0, 0.1) is 19.7 Å². The second-order valence-electron chi connectivity index (χ2n) is 8.61. The summed E-state index contributed by atoms with van der Waals surface area (Å²) < 4.78 is 15.5. The van der Waals surface area contributed by atoms with Crippen LogP contribution in [0.3, 0.4) is 0 Å². The Labute approximate surface area is 194 Å². The number of nitrogens with one attached hydrogen (secondary N) is 1. The molecular weight excluding hydrogens is 413 g/mol. The molecule has 33 heavy (non-hydrogen) atoms. The Morgan fingerprint density at radius 2 is 1.76 bits per heavy atom. The highest BCUT2D eigenvalue weighted by Crippen LogP contribution is 2.20. The normalized spacial score (nSPS) is 11.1. The number of hydrogen-bond acceptors (Lipinski definition) is 2. The molecule has 0 aliphatic carbocycles. The van der Waals surface area contributed by atoms with Crippen LogP contribution in [-0.4, -0.2) is 22.0 Å². The maximum Gasteiger partial charge on any atom is 0.251 e. The molecule has 0 bridgehead atoms. The first-order valence-corrected chi connectivity index (χ1v) is 11.6. The van der Waals surface area contributed by atoms with Crippen molar-refractivity contribution in [1.29, 1.82) is 0 Å². The van der Waals surface area contributed by atoms with Crippen molar-refractivity contribution in [1.82, 2.24) is 14.9 Å². The van der Waals surface area contributed by atoms with Crippen molar-refractivity contribution >= 4 is 16.9 Å². The van der Waals surface area contributed by atoms with Crippen LogP contribution in [0.1, 0.15) is 52.1 Å². The van der Waals surface area contributed by atoms with Crippen molar-refractivity contribution in [2.75, 3.05) is 6.54 Å². The van der Waals surface area contributed by atoms with Crippen molar-refractivity contribution in [2.24, 2.45) is 0 Å². The summed E-state index contributed by atoms with van der Waals surface area (Å²) >= 11 is 0. The standard InChI is InChI=1S/C28H30FN3O/c1-20-11-16-24(21(2)18-20)28(33)30-17-7-3-4-10-27-31-25-8-5-6-9-26(25)32(27)19-22-12-14-23(29)15-13-22/h5-6,8-9,11-16,18H,3-4,7,10,17,19H2,1-2H3,(H,30,33). The number of unbranched alkanes of at least 4 members (excludes halogenated alkanes) is 2. The molecule has 0 aliphatic heterocycles. The summed E-state index contributed by atoms with van der Waals surface area (Å²) in [4.78, 5) is 17.3. The van der Waals surface area contributed by atoms with E-state index in [4.69, 9.17) is 4.98 Å². The first kappa shape index (κ1) is 22.7. The van der Waals surface area contributed by atoms with E-state index in [0.717, 1.165) is 64.8 Å². The fourth-order valence-electron chi connectivity index (χ4n) is 4.22. The number of fused-ring (bicyclic) bond motifs is 1. The molecule has 4 aromatic rings. The molecule has 0 unspecified atom stereocenters. The Balaban J connectivity index is 1.32. The highest BCUT2D eigenvalue weighted by atomic mass is 19.1. The van der Waals surface area contributed by atoms with Gasteiger partial charge in [-0.3, -0.25) is 4.79 Å². The maximum atomic E-state index is 13.3. The summed E-state index contributed by atoms with van der Waals surface area (Å²) in [5.41, 5.74) is 6.04. The SMILES string of the molecule is Cc1ccc(C(=O)NCCCCCc2nc3ccccc3n2Cc2ccc(F)cc2)c(C)c1. The first-order valence-electron chi connectivity index (χ1n) is 11.6. The minimum Gasteiger partial charge on any atom is -0.352 e. The van der Waals surface area contributed by atoms with Crippen LogP contribution in [0.2, 0.25) is 0 Å². The molecule has 3 aromatic carbocycles. The van der Waals surface area contributed by atoms with E-state index in [0.29, 0.717) is 13.1 Å². The molecule has 0 saturated carbocycles. The Kier molecular flexibility index (Phi) is 7.18. The Morgan fingerprint density at radius 3 is 2.55 bits per heavy atom. The number of aromatic nitrogens is 2.